The Morgan fingerprint density at radius 2 is 1.17 bits per heavy atom. The molecule has 1 aliphatic rings. The lowest BCUT2D eigenvalue weighted by molar-refractivity contribution is -0.156. The molecule has 0 N–H and O–H groups in total. The smallest absolute Gasteiger partial charge is 0.245 e. The van der Waals surface area contributed by atoms with Crippen molar-refractivity contribution in [3.8, 4) is 0 Å². The largest absolute Gasteiger partial charge is 0.332 e. The van der Waals surface area contributed by atoms with Crippen LogP contribution in [0.25, 0.3) is 0 Å². The van der Waals surface area contributed by atoms with Crippen molar-refractivity contribution in [3.05, 3.63) is 0 Å². The maximum absolute atomic E-state index is 11.4. The Kier molecular flexibility index (Phi) is 2.08. The second-order valence-corrected chi connectivity index (χ2v) is 3.25. The molecule has 0 aliphatic carbocycles. The SMILES string of the molecule is CC1C(=O)N(C)C(C)C(=O)N1C. The number of nitrogens with zero attached hydrogens (tertiary/aromatic N) is 2. The van der Waals surface area contributed by atoms with Crippen LogP contribution in [0, 0.1) is 0 Å². The van der Waals surface area contributed by atoms with Crippen LogP contribution in [0.5, 0.6) is 0 Å². The molecule has 1 saturated heterocycles. The first-order valence-electron chi connectivity index (χ1n) is 4.00. The Morgan fingerprint density at radius 3 is 1.42 bits per heavy atom. The highest BCUT2D eigenvalue weighted by Gasteiger charge is 2.37. The number of carbonyl (C=O) groups is 2. The lowest BCUT2D eigenvalue weighted by Gasteiger charge is -2.38. The molecule has 0 aromatic heterocycles. The molecule has 0 radical (unpaired) electrons. The van der Waals surface area contributed by atoms with Crippen LogP contribution in [-0.4, -0.2) is 47.8 Å². The molecule has 2 atom stereocenters. The predicted octanol–water partition coefficient (Wildman–Crippen LogP) is -0.306. The monoisotopic (exact) mass is 170 g/mol. The second kappa shape index (κ2) is 2.77. The van der Waals surface area contributed by atoms with Gasteiger partial charge in [-0.25, -0.2) is 0 Å². The summed E-state index contributed by atoms with van der Waals surface area (Å²) < 4.78 is 0. The first-order valence-corrected chi connectivity index (χ1v) is 4.00. The van der Waals surface area contributed by atoms with Crippen LogP contribution in [0.1, 0.15) is 13.8 Å². The number of hydrogen-bond donors (Lipinski definition) is 0. The average Bonchev–Trinajstić information content (AvgIpc) is 2.08. The van der Waals surface area contributed by atoms with Crippen molar-refractivity contribution < 1.29 is 9.59 Å². The van der Waals surface area contributed by atoms with Gasteiger partial charge in [-0.15, -0.1) is 0 Å². The van der Waals surface area contributed by atoms with Crippen LogP contribution < -0.4 is 0 Å². The highest BCUT2D eigenvalue weighted by molar-refractivity contribution is 5.96. The van der Waals surface area contributed by atoms with E-state index in [4.69, 9.17) is 0 Å². The minimum atomic E-state index is -0.321. The van der Waals surface area contributed by atoms with Crippen LogP contribution in [-0.2, 0) is 9.59 Å². The molecular weight excluding hydrogens is 156 g/mol. The summed E-state index contributed by atoms with van der Waals surface area (Å²) in [6, 6.07) is -0.641. The van der Waals surface area contributed by atoms with Gasteiger partial charge in [-0.1, -0.05) is 0 Å². The van der Waals surface area contributed by atoms with Crippen molar-refractivity contribution in [2.24, 2.45) is 0 Å². The van der Waals surface area contributed by atoms with E-state index in [0.29, 0.717) is 0 Å². The van der Waals surface area contributed by atoms with Crippen LogP contribution in [0.2, 0.25) is 0 Å². The fourth-order valence-electron chi connectivity index (χ4n) is 1.30. The quantitative estimate of drug-likeness (QED) is 0.500. The molecule has 0 spiro atoms. The molecule has 0 aromatic rings. The summed E-state index contributed by atoms with van der Waals surface area (Å²) in [6.07, 6.45) is 0. The number of likely N-dealkylation sites (N-methyl/N-ethyl adjacent to an activating group) is 2. The van der Waals surface area contributed by atoms with E-state index in [0.717, 1.165) is 0 Å². The van der Waals surface area contributed by atoms with Gasteiger partial charge in [0.2, 0.25) is 11.8 Å². The summed E-state index contributed by atoms with van der Waals surface area (Å²) in [5.41, 5.74) is 0. The molecule has 12 heavy (non-hydrogen) atoms. The lowest BCUT2D eigenvalue weighted by atomic mass is 10.1. The molecule has 2 amide bonds. The zero-order valence-electron chi connectivity index (χ0n) is 7.87. The van der Waals surface area contributed by atoms with Crippen molar-refractivity contribution in [2.75, 3.05) is 14.1 Å². The van der Waals surface area contributed by atoms with Gasteiger partial charge in [0.05, 0.1) is 0 Å². The molecule has 4 nitrogen and oxygen atoms in total. The van der Waals surface area contributed by atoms with Gasteiger partial charge < -0.3 is 9.80 Å². The van der Waals surface area contributed by atoms with Crippen molar-refractivity contribution in [1.29, 1.82) is 0 Å². The molecule has 1 rings (SSSR count). The van der Waals surface area contributed by atoms with Gasteiger partial charge in [0, 0.05) is 14.1 Å². The van der Waals surface area contributed by atoms with E-state index in [2.05, 4.69) is 0 Å². The summed E-state index contributed by atoms with van der Waals surface area (Å²) >= 11 is 0. The van der Waals surface area contributed by atoms with Gasteiger partial charge in [-0.3, -0.25) is 9.59 Å². The third kappa shape index (κ3) is 1.07. The molecule has 0 bridgehead atoms. The standard InChI is InChI=1S/C8H14N2O2/c1-5-7(11)10(4)6(2)8(12)9(5)3/h5-6H,1-4H3. The summed E-state index contributed by atoms with van der Waals surface area (Å²) in [6.45, 7) is 3.48. The fraction of sp³-hybridized carbons (Fsp3) is 0.750. The molecule has 0 aromatic carbocycles. The lowest BCUT2D eigenvalue weighted by Crippen LogP contribution is -2.60. The number of hydrogen-bond acceptors (Lipinski definition) is 2. The fourth-order valence-corrected chi connectivity index (χ4v) is 1.30. The van der Waals surface area contributed by atoms with Gasteiger partial charge in [0.25, 0.3) is 0 Å². The van der Waals surface area contributed by atoms with Gasteiger partial charge >= 0.3 is 0 Å². The zero-order chi connectivity index (χ0) is 9.46. The highest BCUT2D eigenvalue weighted by atomic mass is 16.2. The Morgan fingerprint density at radius 1 is 0.917 bits per heavy atom. The van der Waals surface area contributed by atoms with E-state index in [9.17, 15) is 9.59 Å². The van der Waals surface area contributed by atoms with E-state index in [1.54, 1.807) is 27.9 Å². The highest BCUT2D eigenvalue weighted by Crippen LogP contribution is 2.13. The van der Waals surface area contributed by atoms with Crippen molar-refractivity contribution in [1.82, 2.24) is 9.80 Å². The summed E-state index contributed by atoms with van der Waals surface area (Å²) in [7, 11) is 3.32. The number of piperazine rings is 1. The first-order chi connectivity index (χ1) is 5.46. The molecular formula is C8H14N2O2. The molecule has 2 unspecified atom stereocenters. The zero-order valence-corrected chi connectivity index (χ0v) is 7.87. The molecule has 68 valence electrons. The van der Waals surface area contributed by atoms with Crippen LogP contribution in [0.4, 0.5) is 0 Å². The van der Waals surface area contributed by atoms with E-state index < -0.39 is 0 Å². The third-order valence-corrected chi connectivity index (χ3v) is 2.57. The maximum Gasteiger partial charge on any atom is 0.245 e. The van der Waals surface area contributed by atoms with Gasteiger partial charge in [-0.2, -0.15) is 0 Å². The minimum Gasteiger partial charge on any atom is -0.332 e. The predicted molar refractivity (Wildman–Crippen MR) is 44.5 cm³/mol. The van der Waals surface area contributed by atoms with E-state index in [1.807, 2.05) is 0 Å². The van der Waals surface area contributed by atoms with Gasteiger partial charge in [0.1, 0.15) is 12.1 Å². The summed E-state index contributed by atoms with van der Waals surface area (Å²) in [4.78, 5) is 25.8. The Bertz CT molecular complexity index is 183. The Hall–Kier alpha value is -1.06. The molecule has 1 heterocycles. The Balaban J connectivity index is 2.91. The normalized spacial score (nSPS) is 31.3. The van der Waals surface area contributed by atoms with Crippen LogP contribution in [0.15, 0.2) is 0 Å². The van der Waals surface area contributed by atoms with Crippen LogP contribution in [0.3, 0.4) is 0 Å². The average molecular weight is 170 g/mol. The van der Waals surface area contributed by atoms with Crippen molar-refractivity contribution in [2.45, 2.75) is 25.9 Å². The molecule has 1 fully saturated rings. The van der Waals surface area contributed by atoms with Gasteiger partial charge in [0.15, 0.2) is 0 Å². The van der Waals surface area contributed by atoms with E-state index in [-0.39, 0.29) is 23.9 Å². The molecule has 0 saturated carbocycles. The van der Waals surface area contributed by atoms with Crippen molar-refractivity contribution in [3.63, 3.8) is 0 Å². The first kappa shape index (κ1) is 9.03. The van der Waals surface area contributed by atoms with Crippen molar-refractivity contribution >= 4 is 11.8 Å². The molecule has 4 heteroatoms. The summed E-state index contributed by atoms with van der Waals surface area (Å²) in [5.74, 6) is 0.00852. The second-order valence-electron chi connectivity index (χ2n) is 3.25. The summed E-state index contributed by atoms with van der Waals surface area (Å²) in [5, 5.41) is 0. The van der Waals surface area contributed by atoms with Gasteiger partial charge in [-0.05, 0) is 13.8 Å². The van der Waals surface area contributed by atoms with Crippen LogP contribution >= 0.6 is 0 Å². The maximum atomic E-state index is 11.4. The Labute approximate surface area is 72.1 Å². The topological polar surface area (TPSA) is 40.6 Å². The third-order valence-electron chi connectivity index (χ3n) is 2.57. The number of carbonyl (C=O) groups excluding carboxylic acids is 2. The van der Waals surface area contributed by atoms with E-state index >= 15 is 0 Å². The molecule has 1 aliphatic heterocycles. The minimum absolute atomic E-state index is 0.00426. The number of rotatable bonds is 0. The van der Waals surface area contributed by atoms with E-state index in [1.165, 1.54) is 9.80 Å². The number of amides is 2.